The molecular formula is C15H21NO6S. The van der Waals surface area contributed by atoms with Crippen molar-refractivity contribution in [2.75, 3.05) is 27.3 Å². The molecule has 0 unspecified atom stereocenters. The topological polar surface area (TPSA) is 90.0 Å². The molecule has 0 saturated carbocycles. The van der Waals surface area contributed by atoms with Gasteiger partial charge in [0, 0.05) is 0 Å². The van der Waals surface area contributed by atoms with E-state index in [1.165, 1.54) is 0 Å². The van der Waals surface area contributed by atoms with E-state index in [0.29, 0.717) is 11.1 Å². The Labute approximate surface area is 136 Å². The van der Waals surface area contributed by atoms with Crippen LogP contribution in [0, 0.1) is 20.8 Å². The van der Waals surface area contributed by atoms with Crippen molar-refractivity contribution >= 4 is 22.0 Å². The molecule has 8 heteroatoms. The molecule has 0 amide bonds. The highest BCUT2D eigenvalue weighted by Gasteiger charge is 2.31. The fraction of sp³-hybridized carbons (Fsp3) is 0.467. The minimum Gasteiger partial charge on any atom is -0.468 e. The number of methoxy groups -OCH3 is 2. The lowest BCUT2D eigenvalue weighted by Crippen LogP contribution is -2.40. The Morgan fingerprint density at radius 3 is 1.70 bits per heavy atom. The Morgan fingerprint density at radius 1 is 0.957 bits per heavy atom. The zero-order valence-corrected chi connectivity index (χ0v) is 14.7. The van der Waals surface area contributed by atoms with Gasteiger partial charge in [-0.05, 0) is 31.9 Å². The lowest BCUT2D eigenvalue weighted by atomic mass is 10.1. The van der Waals surface area contributed by atoms with Crippen molar-refractivity contribution in [2.45, 2.75) is 25.7 Å². The van der Waals surface area contributed by atoms with Crippen LogP contribution in [0.3, 0.4) is 0 Å². The zero-order chi connectivity index (χ0) is 17.8. The van der Waals surface area contributed by atoms with Gasteiger partial charge in [0.25, 0.3) is 0 Å². The van der Waals surface area contributed by atoms with Gasteiger partial charge in [0.2, 0.25) is 10.0 Å². The van der Waals surface area contributed by atoms with E-state index in [-0.39, 0.29) is 4.90 Å². The van der Waals surface area contributed by atoms with Crippen LogP contribution in [-0.4, -0.2) is 52.0 Å². The van der Waals surface area contributed by atoms with Crippen molar-refractivity contribution in [2.24, 2.45) is 0 Å². The molecule has 0 aromatic heterocycles. The third-order valence-electron chi connectivity index (χ3n) is 3.27. The first-order valence-electron chi connectivity index (χ1n) is 6.85. The molecule has 0 aliphatic rings. The van der Waals surface area contributed by atoms with Crippen LogP contribution in [0.4, 0.5) is 0 Å². The van der Waals surface area contributed by atoms with Gasteiger partial charge in [0.1, 0.15) is 13.1 Å². The minimum atomic E-state index is -4.06. The third-order valence-corrected chi connectivity index (χ3v) is 5.37. The van der Waals surface area contributed by atoms with E-state index >= 15 is 0 Å². The number of benzene rings is 1. The maximum absolute atomic E-state index is 12.9. The molecule has 0 spiro atoms. The van der Waals surface area contributed by atoms with Gasteiger partial charge >= 0.3 is 11.9 Å². The first-order chi connectivity index (χ1) is 10.6. The number of aryl methyl sites for hydroxylation is 3. The normalized spacial score (nSPS) is 11.4. The number of carbonyl (C=O) groups is 2. The second-order valence-corrected chi connectivity index (χ2v) is 7.03. The first-order valence-corrected chi connectivity index (χ1v) is 8.29. The summed E-state index contributed by atoms with van der Waals surface area (Å²) in [6.45, 7) is 4.06. The van der Waals surface area contributed by atoms with Gasteiger partial charge in [-0.2, -0.15) is 4.31 Å². The number of esters is 2. The average Bonchev–Trinajstić information content (AvgIpc) is 2.44. The molecule has 0 fully saturated rings. The fourth-order valence-electron chi connectivity index (χ4n) is 2.35. The van der Waals surface area contributed by atoms with Crippen LogP contribution in [0.5, 0.6) is 0 Å². The molecule has 0 bridgehead atoms. The molecule has 0 N–H and O–H groups in total. The summed E-state index contributed by atoms with van der Waals surface area (Å²) in [5.41, 5.74) is 2.01. The molecule has 0 atom stereocenters. The first kappa shape index (κ1) is 19.1. The summed E-state index contributed by atoms with van der Waals surface area (Å²) in [4.78, 5) is 23.1. The smallest absolute Gasteiger partial charge is 0.321 e. The molecule has 0 aliphatic carbocycles. The number of rotatable bonds is 6. The van der Waals surface area contributed by atoms with Crippen LogP contribution in [0.1, 0.15) is 16.7 Å². The third kappa shape index (κ3) is 4.52. The highest BCUT2D eigenvalue weighted by atomic mass is 32.2. The predicted molar refractivity (Wildman–Crippen MR) is 83.4 cm³/mol. The van der Waals surface area contributed by atoms with Crippen molar-refractivity contribution in [1.29, 1.82) is 0 Å². The molecule has 1 aromatic carbocycles. The van der Waals surface area contributed by atoms with Gasteiger partial charge in [-0.3, -0.25) is 9.59 Å². The van der Waals surface area contributed by atoms with Crippen molar-refractivity contribution < 1.29 is 27.5 Å². The molecule has 0 aliphatic heterocycles. The quantitative estimate of drug-likeness (QED) is 0.714. The van der Waals surface area contributed by atoms with Gasteiger partial charge in [-0.15, -0.1) is 0 Å². The van der Waals surface area contributed by atoms with Crippen molar-refractivity contribution in [3.05, 3.63) is 28.8 Å². The molecule has 0 saturated heterocycles. The Balaban J connectivity index is 3.38. The Morgan fingerprint density at radius 2 is 1.35 bits per heavy atom. The summed E-state index contributed by atoms with van der Waals surface area (Å²) in [5.74, 6) is -1.53. The van der Waals surface area contributed by atoms with E-state index < -0.39 is 35.1 Å². The highest BCUT2D eigenvalue weighted by Crippen LogP contribution is 2.25. The van der Waals surface area contributed by atoms with Crippen LogP contribution >= 0.6 is 0 Å². The van der Waals surface area contributed by atoms with Gasteiger partial charge in [-0.25, -0.2) is 8.42 Å². The molecule has 23 heavy (non-hydrogen) atoms. The standard InChI is InChI=1S/C15H21NO6S/c1-10-6-11(2)15(12(3)7-10)23(19,20)16(8-13(17)21-4)9-14(18)22-5/h6-7H,8-9H2,1-5H3. The summed E-state index contributed by atoms with van der Waals surface area (Å²) in [5, 5.41) is 0. The lowest BCUT2D eigenvalue weighted by molar-refractivity contribution is -0.143. The van der Waals surface area contributed by atoms with Crippen molar-refractivity contribution in [3.8, 4) is 0 Å². The average molecular weight is 343 g/mol. The molecule has 0 radical (unpaired) electrons. The predicted octanol–water partition coefficient (Wildman–Crippen LogP) is 0.949. The van der Waals surface area contributed by atoms with Gasteiger partial charge in [-0.1, -0.05) is 17.7 Å². The largest absolute Gasteiger partial charge is 0.468 e. The maximum Gasteiger partial charge on any atom is 0.321 e. The Hall–Kier alpha value is -1.93. The van der Waals surface area contributed by atoms with E-state index in [2.05, 4.69) is 9.47 Å². The summed E-state index contributed by atoms with van der Waals surface area (Å²) in [7, 11) is -1.76. The lowest BCUT2D eigenvalue weighted by Gasteiger charge is -2.22. The molecule has 0 heterocycles. The van der Waals surface area contributed by atoms with Crippen LogP contribution in [-0.2, 0) is 29.1 Å². The van der Waals surface area contributed by atoms with Crippen LogP contribution in [0.25, 0.3) is 0 Å². The zero-order valence-electron chi connectivity index (χ0n) is 13.9. The van der Waals surface area contributed by atoms with Crippen LogP contribution in [0.15, 0.2) is 17.0 Å². The maximum atomic E-state index is 12.9. The summed E-state index contributed by atoms with van der Waals surface area (Å²) >= 11 is 0. The number of hydrogen-bond acceptors (Lipinski definition) is 6. The van der Waals surface area contributed by atoms with Crippen molar-refractivity contribution in [1.82, 2.24) is 4.31 Å². The van der Waals surface area contributed by atoms with E-state index in [0.717, 1.165) is 24.1 Å². The number of sulfonamides is 1. The molecule has 7 nitrogen and oxygen atoms in total. The highest BCUT2D eigenvalue weighted by molar-refractivity contribution is 7.89. The molecular weight excluding hydrogens is 322 g/mol. The Bertz CT molecular complexity index is 670. The summed E-state index contributed by atoms with van der Waals surface area (Å²) in [6.07, 6.45) is 0. The molecule has 1 aromatic rings. The minimum absolute atomic E-state index is 0.0795. The van der Waals surface area contributed by atoms with Gasteiger partial charge in [0.05, 0.1) is 19.1 Å². The van der Waals surface area contributed by atoms with Crippen molar-refractivity contribution in [3.63, 3.8) is 0 Å². The van der Waals surface area contributed by atoms with Gasteiger partial charge < -0.3 is 9.47 Å². The SMILES string of the molecule is COC(=O)CN(CC(=O)OC)S(=O)(=O)c1c(C)cc(C)cc1C. The second kappa shape index (κ2) is 7.56. The van der Waals surface area contributed by atoms with Crippen LogP contribution in [0.2, 0.25) is 0 Å². The van der Waals surface area contributed by atoms with E-state index in [1.807, 2.05) is 6.92 Å². The fourth-order valence-corrected chi connectivity index (χ4v) is 4.09. The Kier molecular flexibility index (Phi) is 6.28. The number of hydrogen-bond donors (Lipinski definition) is 0. The number of carbonyl (C=O) groups excluding carboxylic acids is 2. The molecule has 128 valence electrons. The number of nitrogens with zero attached hydrogens (tertiary/aromatic N) is 1. The molecule has 1 rings (SSSR count). The van der Waals surface area contributed by atoms with E-state index in [4.69, 9.17) is 0 Å². The summed E-state index contributed by atoms with van der Waals surface area (Å²) in [6, 6.07) is 3.46. The number of ether oxygens (including phenoxy) is 2. The summed E-state index contributed by atoms with van der Waals surface area (Å²) < 4.78 is 35.6. The van der Waals surface area contributed by atoms with E-state index in [9.17, 15) is 18.0 Å². The monoisotopic (exact) mass is 343 g/mol. The second-order valence-electron chi connectivity index (χ2n) is 5.15. The van der Waals surface area contributed by atoms with E-state index in [1.54, 1.807) is 26.0 Å². The van der Waals surface area contributed by atoms with Gasteiger partial charge in [0.15, 0.2) is 0 Å². The van der Waals surface area contributed by atoms with Crippen LogP contribution < -0.4 is 0 Å².